The van der Waals surface area contributed by atoms with Gasteiger partial charge >= 0.3 is 6.18 Å². The van der Waals surface area contributed by atoms with Gasteiger partial charge in [-0.25, -0.2) is 4.98 Å². The molecule has 0 unspecified atom stereocenters. The quantitative estimate of drug-likeness (QED) is 0.499. The number of anilines is 2. The van der Waals surface area contributed by atoms with Crippen LogP contribution in [-0.2, 0) is 6.18 Å². The maximum atomic E-state index is 12.7. The van der Waals surface area contributed by atoms with E-state index in [9.17, 15) is 18.0 Å². The normalized spacial score (nSPS) is 16.2. The fraction of sp³-hybridized carbons (Fsp3) is 0.240. The molecule has 1 fully saturated rings. The molecule has 170 valence electrons. The smallest absolute Gasteiger partial charge is 0.349 e. The van der Waals surface area contributed by atoms with Gasteiger partial charge in [-0.15, -0.1) is 0 Å². The van der Waals surface area contributed by atoms with Gasteiger partial charge in [-0.05, 0) is 67.6 Å². The van der Waals surface area contributed by atoms with Crippen molar-refractivity contribution < 1.29 is 18.0 Å². The van der Waals surface area contributed by atoms with Crippen molar-refractivity contribution in [3.8, 4) is 0 Å². The second-order valence-electron chi connectivity index (χ2n) is 7.97. The molecule has 0 bridgehead atoms. The molecule has 2 N–H and O–H groups in total. The van der Waals surface area contributed by atoms with E-state index >= 15 is 0 Å². The molecule has 5 nitrogen and oxygen atoms in total. The summed E-state index contributed by atoms with van der Waals surface area (Å²) in [6, 6.07) is 13.6. The van der Waals surface area contributed by atoms with Crippen molar-refractivity contribution in [1.29, 1.82) is 0 Å². The summed E-state index contributed by atoms with van der Waals surface area (Å²) in [5.74, 6) is 0.244. The molecule has 8 heteroatoms. The minimum absolute atomic E-state index is 0.101. The Labute approximate surface area is 189 Å². The van der Waals surface area contributed by atoms with Crippen LogP contribution >= 0.6 is 0 Å². The van der Waals surface area contributed by atoms with Gasteiger partial charge in [0.15, 0.2) is 0 Å². The Morgan fingerprint density at radius 1 is 1.03 bits per heavy atom. The van der Waals surface area contributed by atoms with Crippen LogP contribution in [0.5, 0.6) is 0 Å². The number of alkyl halides is 3. The van der Waals surface area contributed by atoms with Gasteiger partial charge < -0.3 is 10.6 Å². The molecule has 1 aromatic carbocycles. The number of carbonyl (C=O) groups is 1. The second-order valence-corrected chi connectivity index (χ2v) is 7.97. The largest absolute Gasteiger partial charge is 0.417 e. The topological polar surface area (TPSA) is 66.9 Å². The summed E-state index contributed by atoms with van der Waals surface area (Å²) in [6.07, 6.45) is 5.24. The van der Waals surface area contributed by atoms with Crippen molar-refractivity contribution >= 4 is 23.5 Å². The van der Waals surface area contributed by atoms with E-state index in [1.165, 1.54) is 11.6 Å². The van der Waals surface area contributed by atoms with Gasteiger partial charge in [0.25, 0.3) is 5.91 Å². The predicted octanol–water partition coefficient (Wildman–Crippen LogP) is 6.00. The molecule has 0 spiro atoms. The van der Waals surface area contributed by atoms with Gasteiger partial charge in [-0.2, -0.15) is 13.2 Å². The summed E-state index contributed by atoms with van der Waals surface area (Å²) in [4.78, 5) is 20.1. The number of nitrogens with zero attached hydrogens (tertiary/aromatic N) is 2. The van der Waals surface area contributed by atoms with E-state index in [4.69, 9.17) is 0 Å². The van der Waals surface area contributed by atoms with E-state index in [1.54, 1.807) is 24.5 Å². The number of rotatable bonds is 5. The lowest BCUT2D eigenvalue weighted by Crippen LogP contribution is -2.36. The monoisotopic (exact) mass is 452 g/mol. The van der Waals surface area contributed by atoms with E-state index in [0.29, 0.717) is 11.4 Å². The van der Waals surface area contributed by atoms with Crippen LogP contribution in [0.15, 0.2) is 72.7 Å². The first-order valence-electron chi connectivity index (χ1n) is 10.7. The van der Waals surface area contributed by atoms with Crippen molar-refractivity contribution in [2.75, 3.05) is 5.32 Å². The van der Waals surface area contributed by atoms with Crippen LogP contribution < -0.4 is 10.6 Å². The van der Waals surface area contributed by atoms with Crippen molar-refractivity contribution in [2.45, 2.75) is 37.9 Å². The number of nitrogens with one attached hydrogen (secondary N) is 2. The molecular formula is C25H23F3N4O. The highest BCUT2D eigenvalue weighted by Gasteiger charge is 2.30. The number of hydrogen-bond acceptors (Lipinski definition) is 4. The average molecular weight is 452 g/mol. The Hall–Kier alpha value is -3.68. The number of allylic oxidation sites excluding steroid dienone is 1. The molecule has 33 heavy (non-hydrogen) atoms. The standard InChI is InChI=1S/C25H23F3N4O/c26-25(27,28)20-8-11-23(30-16-20)31-22-5-1-3-18(14-22)13-17-6-9-21(10-7-17)32-24(33)19-4-2-12-29-15-19/h1-5,8,11-16,21H,6-7,9-10H2,(H,30,31)(H,32,33). The Balaban J connectivity index is 1.34. The zero-order valence-electron chi connectivity index (χ0n) is 17.8. The molecule has 2 heterocycles. The van der Waals surface area contributed by atoms with Crippen LogP contribution in [0.2, 0.25) is 0 Å². The molecule has 1 aliphatic rings. The summed E-state index contributed by atoms with van der Waals surface area (Å²) in [5.41, 5.74) is 2.82. The Morgan fingerprint density at radius 2 is 1.85 bits per heavy atom. The lowest BCUT2D eigenvalue weighted by Gasteiger charge is -2.25. The fourth-order valence-corrected chi connectivity index (χ4v) is 3.77. The molecule has 0 aliphatic heterocycles. The van der Waals surface area contributed by atoms with Crippen LogP contribution in [0.1, 0.15) is 47.2 Å². The third-order valence-electron chi connectivity index (χ3n) is 5.51. The Morgan fingerprint density at radius 3 is 2.52 bits per heavy atom. The third-order valence-corrected chi connectivity index (χ3v) is 5.51. The van der Waals surface area contributed by atoms with Crippen molar-refractivity contribution in [2.24, 2.45) is 0 Å². The first-order chi connectivity index (χ1) is 15.9. The molecular weight excluding hydrogens is 429 g/mol. The zero-order valence-corrected chi connectivity index (χ0v) is 17.8. The van der Waals surface area contributed by atoms with Crippen molar-refractivity contribution in [3.05, 3.63) is 89.4 Å². The van der Waals surface area contributed by atoms with E-state index in [0.717, 1.165) is 49.2 Å². The lowest BCUT2D eigenvalue weighted by atomic mass is 9.89. The van der Waals surface area contributed by atoms with Crippen LogP contribution in [0, 0.1) is 0 Å². The van der Waals surface area contributed by atoms with Gasteiger partial charge in [0.1, 0.15) is 5.82 Å². The number of aromatic nitrogens is 2. The average Bonchev–Trinajstić information content (AvgIpc) is 2.81. The number of amides is 1. The highest BCUT2D eigenvalue weighted by atomic mass is 19.4. The number of halogens is 3. The van der Waals surface area contributed by atoms with Crippen molar-refractivity contribution in [1.82, 2.24) is 15.3 Å². The SMILES string of the molecule is O=C(NC1CCC(=Cc2cccc(Nc3ccc(C(F)(F)F)cn3)c2)CC1)c1cccnc1. The molecule has 3 aromatic rings. The number of hydrogen-bond donors (Lipinski definition) is 2. The minimum Gasteiger partial charge on any atom is -0.349 e. The first-order valence-corrected chi connectivity index (χ1v) is 10.7. The summed E-state index contributed by atoms with van der Waals surface area (Å²) in [5, 5.41) is 6.12. The summed E-state index contributed by atoms with van der Waals surface area (Å²) in [6.45, 7) is 0. The van der Waals surface area contributed by atoms with Gasteiger partial charge in [-0.3, -0.25) is 9.78 Å². The fourth-order valence-electron chi connectivity index (χ4n) is 3.77. The summed E-state index contributed by atoms with van der Waals surface area (Å²) >= 11 is 0. The zero-order chi connectivity index (χ0) is 23.3. The molecule has 2 aromatic heterocycles. The van der Waals surface area contributed by atoms with E-state index in [-0.39, 0.29) is 11.9 Å². The van der Waals surface area contributed by atoms with Crippen LogP contribution in [0.25, 0.3) is 6.08 Å². The van der Waals surface area contributed by atoms with Crippen LogP contribution in [0.3, 0.4) is 0 Å². The van der Waals surface area contributed by atoms with Gasteiger partial charge in [0, 0.05) is 30.3 Å². The van der Waals surface area contributed by atoms with Crippen molar-refractivity contribution in [3.63, 3.8) is 0 Å². The molecule has 0 saturated heterocycles. The molecule has 1 aliphatic carbocycles. The molecule has 0 radical (unpaired) electrons. The van der Waals surface area contributed by atoms with Gasteiger partial charge in [0.05, 0.1) is 11.1 Å². The molecule has 0 atom stereocenters. The highest BCUT2D eigenvalue weighted by molar-refractivity contribution is 5.94. The molecule has 4 rings (SSSR count). The summed E-state index contributed by atoms with van der Waals surface area (Å²) in [7, 11) is 0. The number of carbonyl (C=O) groups excluding carboxylic acids is 1. The van der Waals surface area contributed by atoms with Gasteiger partial charge in [-0.1, -0.05) is 23.8 Å². The van der Waals surface area contributed by atoms with Gasteiger partial charge in [0.2, 0.25) is 0 Å². The predicted molar refractivity (Wildman–Crippen MR) is 121 cm³/mol. The number of benzene rings is 1. The maximum Gasteiger partial charge on any atom is 0.417 e. The number of pyridine rings is 2. The van der Waals surface area contributed by atoms with E-state index in [2.05, 4.69) is 26.7 Å². The van der Waals surface area contributed by atoms with Crippen LogP contribution in [-0.4, -0.2) is 21.9 Å². The van der Waals surface area contributed by atoms with E-state index in [1.807, 2.05) is 24.3 Å². The molecule has 1 amide bonds. The lowest BCUT2D eigenvalue weighted by molar-refractivity contribution is -0.137. The highest BCUT2D eigenvalue weighted by Crippen LogP contribution is 2.30. The minimum atomic E-state index is -4.40. The maximum absolute atomic E-state index is 12.7. The Kier molecular flexibility index (Phi) is 6.72. The van der Waals surface area contributed by atoms with Crippen LogP contribution in [0.4, 0.5) is 24.7 Å². The summed E-state index contributed by atoms with van der Waals surface area (Å²) < 4.78 is 38.1. The van der Waals surface area contributed by atoms with E-state index < -0.39 is 11.7 Å². The Bertz CT molecular complexity index is 1120. The first kappa shape index (κ1) is 22.5. The third kappa shape index (κ3) is 6.19. The second kappa shape index (κ2) is 9.85. The molecule has 1 saturated carbocycles.